The molecule has 1 amide bonds. The van der Waals surface area contributed by atoms with Gasteiger partial charge in [0.1, 0.15) is 17.7 Å². The standard InChI is InChI=1S/C27H24FN5O/c1-16-31-25-13-18(6-8-26(25)32(16)2)22-7-5-19(27(34)33-10-9-21(30)15-33)11-23(22)17-3-4-20(14-29)24(28)12-17/h3-8,11-13,21H,9-10,15,30H2,1-2H3/t21-/m0/s1. The highest BCUT2D eigenvalue weighted by Crippen LogP contribution is 2.35. The summed E-state index contributed by atoms with van der Waals surface area (Å²) in [5, 5.41) is 9.14. The first-order chi connectivity index (χ1) is 16.4. The van der Waals surface area contributed by atoms with Gasteiger partial charge in [0, 0.05) is 31.7 Å². The zero-order valence-electron chi connectivity index (χ0n) is 19.0. The number of aromatic nitrogens is 2. The van der Waals surface area contributed by atoms with Crippen LogP contribution in [-0.4, -0.2) is 39.5 Å². The lowest BCUT2D eigenvalue weighted by atomic mass is 9.91. The van der Waals surface area contributed by atoms with Crippen molar-refractivity contribution in [2.45, 2.75) is 19.4 Å². The number of hydrogen-bond acceptors (Lipinski definition) is 4. The molecule has 2 N–H and O–H groups in total. The Morgan fingerprint density at radius 2 is 1.88 bits per heavy atom. The van der Waals surface area contributed by atoms with E-state index in [1.807, 2.05) is 48.9 Å². The Kier molecular flexibility index (Phi) is 5.39. The number of amides is 1. The van der Waals surface area contributed by atoms with Crippen molar-refractivity contribution < 1.29 is 9.18 Å². The molecule has 5 rings (SSSR count). The van der Waals surface area contributed by atoms with Crippen molar-refractivity contribution in [3.63, 3.8) is 0 Å². The molecule has 0 aliphatic carbocycles. The molecule has 0 radical (unpaired) electrons. The number of benzene rings is 3. The molecule has 3 aromatic carbocycles. The van der Waals surface area contributed by atoms with E-state index in [0.717, 1.165) is 34.4 Å². The minimum absolute atomic E-state index is 0.0103. The van der Waals surface area contributed by atoms with Crippen LogP contribution in [0.2, 0.25) is 0 Å². The van der Waals surface area contributed by atoms with E-state index >= 15 is 0 Å². The quantitative estimate of drug-likeness (QED) is 0.498. The SMILES string of the molecule is Cc1nc2cc(-c3ccc(C(=O)N4CC[C@H](N)C4)cc3-c3ccc(C#N)c(F)c3)ccc2n1C. The second-order valence-corrected chi connectivity index (χ2v) is 8.79. The molecule has 170 valence electrons. The van der Waals surface area contributed by atoms with Gasteiger partial charge < -0.3 is 15.2 Å². The summed E-state index contributed by atoms with van der Waals surface area (Å²) < 4.78 is 16.6. The number of halogens is 1. The maximum absolute atomic E-state index is 14.5. The highest BCUT2D eigenvalue weighted by atomic mass is 19.1. The summed E-state index contributed by atoms with van der Waals surface area (Å²) in [6, 6.07) is 17.9. The highest BCUT2D eigenvalue weighted by molar-refractivity contribution is 5.98. The average molecular weight is 454 g/mol. The topological polar surface area (TPSA) is 87.9 Å². The molecule has 7 heteroatoms. The Labute approximate surface area is 197 Å². The molecule has 1 aliphatic rings. The first-order valence-electron chi connectivity index (χ1n) is 11.2. The van der Waals surface area contributed by atoms with Crippen LogP contribution in [0.25, 0.3) is 33.3 Å². The molecule has 34 heavy (non-hydrogen) atoms. The van der Waals surface area contributed by atoms with Crippen LogP contribution in [0, 0.1) is 24.1 Å². The molecule has 0 unspecified atom stereocenters. The summed E-state index contributed by atoms with van der Waals surface area (Å²) in [7, 11) is 1.97. The second kappa shape index (κ2) is 8.40. The van der Waals surface area contributed by atoms with Gasteiger partial charge in [0.25, 0.3) is 5.91 Å². The number of likely N-dealkylation sites (tertiary alicyclic amines) is 1. The molecule has 1 saturated heterocycles. The molecular formula is C27H24FN5O. The number of nitrogens with two attached hydrogens (primary N) is 1. The second-order valence-electron chi connectivity index (χ2n) is 8.79. The van der Waals surface area contributed by atoms with Crippen molar-refractivity contribution >= 4 is 16.9 Å². The Hall–Kier alpha value is -4.02. The maximum Gasteiger partial charge on any atom is 0.253 e. The normalized spacial score (nSPS) is 15.6. The summed E-state index contributed by atoms with van der Waals surface area (Å²) in [6.45, 7) is 3.10. The molecule has 1 atom stereocenters. The van der Waals surface area contributed by atoms with E-state index in [1.165, 1.54) is 12.1 Å². The summed E-state index contributed by atoms with van der Waals surface area (Å²) in [5.74, 6) is 0.223. The number of rotatable bonds is 3. The van der Waals surface area contributed by atoms with E-state index < -0.39 is 5.82 Å². The smallest absolute Gasteiger partial charge is 0.253 e. The van der Waals surface area contributed by atoms with E-state index in [2.05, 4.69) is 4.98 Å². The van der Waals surface area contributed by atoms with Crippen molar-refractivity contribution in [3.05, 3.63) is 77.4 Å². The monoisotopic (exact) mass is 453 g/mol. The van der Waals surface area contributed by atoms with Crippen LogP contribution in [0.3, 0.4) is 0 Å². The van der Waals surface area contributed by atoms with Gasteiger partial charge in [0.15, 0.2) is 0 Å². The van der Waals surface area contributed by atoms with Crippen LogP contribution in [0.15, 0.2) is 54.6 Å². The molecule has 0 saturated carbocycles. The third-order valence-corrected chi connectivity index (χ3v) is 6.59. The summed E-state index contributed by atoms with van der Waals surface area (Å²) in [6.07, 6.45) is 0.779. The Morgan fingerprint density at radius 1 is 1.12 bits per heavy atom. The summed E-state index contributed by atoms with van der Waals surface area (Å²) in [5.41, 5.74) is 11.4. The zero-order chi connectivity index (χ0) is 24.0. The lowest BCUT2D eigenvalue weighted by Crippen LogP contribution is -2.31. The summed E-state index contributed by atoms with van der Waals surface area (Å²) in [4.78, 5) is 19.5. The van der Waals surface area contributed by atoms with E-state index in [0.29, 0.717) is 29.8 Å². The Balaban J connectivity index is 1.66. The van der Waals surface area contributed by atoms with Crippen molar-refractivity contribution in [2.24, 2.45) is 12.8 Å². The number of aryl methyl sites for hydroxylation is 2. The number of carbonyl (C=O) groups is 1. The van der Waals surface area contributed by atoms with E-state index in [4.69, 9.17) is 11.0 Å². The van der Waals surface area contributed by atoms with E-state index in [9.17, 15) is 9.18 Å². The van der Waals surface area contributed by atoms with Crippen LogP contribution in [0.5, 0.6) is 0 Å². The molecule has 6 nitrogen and oxygen atoms in total. The molecule has 1 fully saturated rings. The number of imidazole rings is 1. The number of nitrogens with zero attached hydrogens (tertiary/aromatic N) is 4. The first kappa shape index (κ1) is 21.8. The Bertz CT molecular complexity index is 1480. The highest BCUT2D eigenvalue weighted by Gasteiger charge is 2.25. The summed E-state index contributed by atoms with van der Waals surface area (Å²) >= 11 is 0. The van der Waals surface area contributed by atoms with Crippen molar-refractivity contribution in [1.82, 2.24) is 14.5 Å². The lowest BCUT2D eigenvalue weighted by Gasteiger charge is -2.18. The lowest BCUT2D eigenvalue weighted by molar-refractivity contribution is 0.0791. The average Bonchev–Trinajstić information content (AvgIpc) is 3.40. The van der Waals surface area contributed by atoms with Crippen LogP contribution in [0.1, 0.15) is 28.2 Å². The minimum atomic E-state index is -0.594. The molecule has 2 heterocycles. The molecule has 0 bridgehead atoms. The molecular weight excluding hydrogens is 429 g/mol. The van der Waals surface area contributed by atoms with Gasteiger partial charge in [-0.25, -0.2) is 9.37 Å². The van der Waals surface area contributed by atoms with E-state index in [1.54, 1.807) is 23.1 Å². The van der Waals surface area contributed by atoms with Crippen LogP contribution in [-0.2, 0) is 7.05 Å². The van der Waals surface area contributed by atoms with Crippen molar-refractivity contribution in [3.8, 4) is 28.3 Å². The number of nitriles is 1. The predicted octanol–water partition coefficient (Wildman–Crippen LogP) is 4.40. The predicted molar refractivity (Wildman–Crippen MR) is 129 cm³/mol. The fourth-order valence-corrected chi connectivity index (χ4v) is 4.58. The van der Waals surface area contributed by atoms with Gasteiger partial charge >= 0.3 is 0 Å². The van der Waals surface area contributed by atoms with Crippen LogP contribution in [0.4, 0.5) is 4.39 Å². The van der Waals surface area contributed by atoms with Gasteiger partial charge in [0.2, 0.25) is 0 Å². The van der Waals surface area contributed by atoms with Gasteiger partial charge in [-0.2, -0.15) is 5.26 Å². The largest absolute Gasteiger partial charge is 0.337 e. The van der Waals surface area contributed by atoms with E-state index in [-0.39, 0.29) is 17.5 Å². The van der Waals surface area contributed by atoms with Gasteiger partial charge in [0.05, 0.1) is 16.6 Å². The first-order valence-corrected chi connectivity index (χ1v) is 11.2. The fraction of sp³-hybridized carbons (Fsp3) is 0.222. The number of fused-ring (bicyclic) bond motifs is 1. The third kappa shape index (κ3) is 3.72. The zero-order valence-corrected chi connectivity index (χ0v) is 19.0. The van der Waals surface area contributed by atoms with Gasteiger partial charge in [-0.05, 0) is 72.0 Å². The maximum atomic E-state index is 14.5. The third-order valence-electron chi connectivity index (χ3n) is 6.59. The van der Waals surface area contributed by atoms with Gasteiger partial charge in [-0.3, -0.25) is 4.79 Å². The van der Waals surface area contributed by atoms with Crippen LogP contribution < -0.4 is 5.73 Å². The fourth-order valence-electron chi connectivity index (χ4n) is 4.58. The van der Waals surface area contributed by atoms with Crippen LogP contribution >= 0.6 is 0 Å². The Morgan fingerprint density at radius 3 is 2.59 bits per heavy atom. The number of hydrogen-bond donors (Lipinski definition) is 1. The molecule has 0 spiro atoms. The van der Waals surface area contributed by atoms with Crippen molar-refractivity contribution in [1.29, 1.82) is 5.26 Å². The van der Waals surface area contributed by atoms with Gasteiger partial charge in [-0.1, -0.05) is 18.2 Å². The van der Waals surface area contributed by atoms with Crippen molar-refractivity contribution in [2.75, 3.05) is 13.1 Å². The minimum Gasteiger partial charge on any atom is -0.337 e. The molecule has 1 aromatic heterocycles. The molecule has 4 aromatic rings. The molecule has 1 aliphatic heterocycles. The number of carbonyl (C=O) groups excluding carboxylic acids is 1. The van der Waals surface area contributed by atoms with Gasteiger partial charge in [-0.15, -0.1) is 0 Å².